The van der Waals surface area contributed by atoms with E-state index in [-0.39, 0.29) is 10.8 Å². The summed E-state index contributed by atoms with van der Waals surface area (Å²) >= 11 is 0. The standard InChI is InChI=1S/C23H24N2O3S/c24-29(27,28)21-14-11-19(12-15-21)16-17-25-23(26)22-9-5-4-8-20(22)13-10-18-6-2-1-3-7-18/h1-9,11-12,14-15H,10,13,16-17H2,(H,25,26)(H2,24,27,28). The highest BCUT2D eigenvalue weighted by atomic mass is 32.2. The molecule has 0 spiro atoms. The van der Waals surface area contributed by atoms with E-state index in [1.807, 2.05) is 42.5 Å². The molecule has 0 aromatic heterocycles. The van der Waals surface area contributed by atoms with Gasteiger partial charge in [0.2, 0.25) is 10.0 Å². The third-order valence-corrected chi connectivity index (χ3v) is 5.67. The van der Waals surface area contributed by atoms with Crippen LogP contribution in [0.2, 0.25) is 0 Å². The quantitative estimate of drug-likeness (QED) is 0.600. The summed E-state index contributed by atoms with van der Waals surface area (Å²) in [6.07, 6.45) is 2.27. The number of carbonyl (C=O) groups is 1. The number of hydrogen-bond donors (Lipinski definition) is 2. The summed E-state index contributed by atoms with van der Waals surface area (Å²) in [6.45, 7) is 0.459. The van der Waals surface area contributed by atoms with Gasteiger partial charge < -0.3 is 5.32 Å². The molecule has 0 atom stereocenters. The van der Waals surface area contributed by atoms with Gasteiger partial charge in [-0.2, -0.15) is 0 Å². The van der Waals surface area contributed by atoms with E-state index >= 15 is 0 Å². The maximum Gasteiger partial charge on any atom is 0.251 e. The second-order valence-corrected chi connectivity index (χ2v) is 8.40. The molecule has 0 saturated carbocycles. The fraction of sp³-hybridized carbons (Fsp3) is 0.174. The van der Waals surface area contributed by atoms with E-state index in [0.29, 0.717) is 18.5 Å². The number of rotatable bonds is 8. The average molecular weight is 409 g/mol. The highest BCUT2D eigenvalue weighted by Gasteiger charge is 2.11. The van der Waals surface area contributed by atoms with Crippen molar-refractivity contribution in [3.05, 3.63) is 101 Å². The van der Waals surface area contributed by atoms with E-state index in [4.69, 9.17) is 5.14 Å². The zero-order valence-electron chi connectivity index (χ0n) is 16.0. The van der Waals surface area contributed by atoms with Crippen molar-refractivity contribution in [2.24, 2.45) is 5.14 Å². The molecule has 3 rings (SSSR count). The summed E-state index contributed by atoms with van der Waals surface area (Å²) < 4.78 is 22.6. The summed E-state index contributed by atoms with van der Waals surface area (Å²) in [7, 11) is -3.69. The molecule has 0 fully saturated rings. The summed E-state index contributed by atoms with van der Waals surface area (Å²) in [6, 6.07) is 24.2. The van der Waals surface area contributed by atoms with Gasteiger partial charge in [0.15, 0.2) is 0 Å². The Balaban J connectivity index is 1.57. The van der Waals surface area contributed by atoms with Crippen molar-refractivity contribution >= 4 is 15.9 Å². The van der Waals surface area contributed by atoms with Gasteiger partial charge >= 0.3 is 0 Å². The largest absolute Gasteiger partial charge is 0.352 e. The van der Waals surface area contributed by atoms with Crippen LogP contribution in [-0.4, -0.2) is 20.9 Å². The number of aryl methyl sites for hydroxylation is 2. The predicted molar refractivity (Wildman–Crippen MR) is 114 cm³/mol. The van der Waals surface area contributed by atoms with Crippen LogP contribution in [0, 0.1) is 0 Å². The number of carbonyl (C=O) groups excluding carboxylic acids is 1. The van der Waals surface area contributed by atoms with Gasteiger partial charge in [-0.25, -0.2) is 13.6 Å². The number of sulfonamides is 1. The second-order valence-electron chi connectivity index (χ2n) is 6.84. The molecule has 6 heteroatoms. The van der Waals surface area contributed by atoms with Crippen molar-refractivity contribution in [2.75, 3.05) is 6.54 Å². The first kappa shape index (κ1) is 20.8. The van der Waals surface area contributed by atoms with Crippen LogP contribution >= 0.6 is 0 Å². The minimum absolute atomic E-state index is 0.0811. The van der Waals surface area contributed by atoms with Crippen molar-refractivity contribution < 1.29 is 13.2 Å². The van der Waals surface area contributed by atoms with Crippen LogP contribution in [-0.2, 0) is 29.3 Å². The van der Waals surface area contributed by atoms with Gasteiger partial charge in [-0.15, -0.1) is 0 Å². The van der Waals surface area contributed by atoms with Crippen LogP contribution in [0.4, 0.5) is 0 Å². The van der Waals surface area contributed by atoms with Crippen molar-refractivity contribution in [1.29, 1.82) is 0 Å². The van der Waals surface area contributed by atoms with E-state index in [1.165, 1.54) is 17.7 Å². The molecule has 150 valence electrons. The Hall–Kier alpha value is -2.96. The summed E-state index contributed by atoms with van der Waals surface area (Å²) in [5.74, 6) is -0.102. The highest BCUT2D eigenvalue weighted by molar-refractivity contribution is 7.89. The van der Waals surface area contributed by atoms with Crippen LogP contribution in [0.15, 0.2) is 83.8 Å². The molecule has 5 nitrogen and oxygen atoms in total. The van der Waals surface area contributed by atoms with Crippen molar-refractivity contribution in [2.45, 2.75) is 24.2 Å². The predicted octanol–water partition coefficient (Wildman–Crippen LogP) is 3.09. The minimum atomic E-state index is -3.69. The van der Waals surface area contributed by atoms with E-state index in [2.05, 4.69) is 17.4 Å². The van der Waals surface area contributed by atoms with E-state index in [1.54, 1.807) is 12.1 Å². The maximum atomic E-state index is 12.6. The zero-order valence-corrected chi connectivity index (χ0v) is 16.9. The Morgan fingerprint density at radius 1 is 0.759 bits per heavy atom. The van der Waals surface area contributed by atoms with Crippen LogP contribution in [0.5, 0.6) is 0 Å². The molecule has 0 saturated heterocycles. The monoisotopic (exact) mass is 408 g/mol. The lowest BCUT2D eigenvalue weighted by Crippen LogP contribution is -2.26. The molecule has 0 unspecified atom stereocenters. The Morgan fingerprint density at radius 2 is 1.38 bits per heavy atom. The van der Waals surface area contributed by atoms with Gasteiger partial charge in [0.05, 0.1) is 4.90 Å². The summed E-state index contributed by atoms with van der Waals surface area (Å²) in [5, 5.41) is 8.05. The second kappa shape index (κ2) is 9.49. The Kier molecular flexibility index (Phi) is 6.80. The van der Waals surface area contributed by atoms with Gasteiger partial charge in [-0.3, -0.25) is 4.79 Å². The highest BCUT2D eigenvalue weighted by Crippen LogP contribution is 2.13. The SMILES string of the molecule is NS(=O)(=O)c1ccc(CCNC(=O)c2ccccc2CCc2ccccc2)cc1. The minimum Gasteiger partial charge on any atom is -0.352 e. The molecule has 3 N–H and O–H groups in total. The van der Waals surface area contributed by atoms with Crippen molar-refractivity contribution in [3.8, 4) is 0 Å². The van der Waals surface area contributed by atoms with Gasteiger partial charge in [-0.1, -0.05) is 60.7 Å². The first-order chi connectivity index (χ1) is 13.9. The molecule has 0 heterocycles. The maximum absolute atomic E-state index is 12.6. The van der Waals surface area contributed by atoms with Crippen LogP contribution in [0.25, 0.3) is 0 Å². The number of nitrogens with one attached hydrogen (secondary N) is 1. The van der Waals surface area contributed by atoms with E-state index in [0.717, 1.165) is 24.0 Å². The number of nitrogens with two attached hydrogens (primary N) is 1. The van der Waals surface area contributed by atoms with Crippen LogP contribution in [0.3, 0.4) is 0 Å². The molecule has 3 aromatic carbocycles. The molecular weight excluding hydrogens is 384 g/mol. The number of hydrogen-bond acceptors (Lipinski definition) is 3. The van der Waals surface area contributed by atoms with Gasteiger partial charge in [0.1, 0.15) is 0 Å². The Morgan fingerprint density at radius 3 is 2.07 bits per heavy atom. The van der Waals surface area contributed by atoms with Gasteiger partial charge in [-0.05, 0) is 54.2 Å². The molecule has 0 aliphatic carbocycles. The lowest BCUT2D eigenvalue weighted by atomic mass is 9.99. The molecule has 29 heavy (non-hydrogen) atoms. The van der Waals surface area contributed by atoms with Crippen LogP contribution < -0.4 is 10.5 Å². The topological polar surface area (TPSA) is 89.3 Å². The smallest absolute Gasteiger partial charge is 0.251 e. The first-order valence-electron chi connectivity index (χ1n) is 9.45. The summed E-state index contributed by atoms with van der Waals surface area (Å²) in [4.78, 5) is 12.7. The fourth-order valence-corrected chi connectivity index (χ4v) is 3.66. The Labute approximate surface area is 171 Å². The third kappa shape index (κ3) is 6.01. The molecule has 0 bridgehead atoms. The molecule has 0 aliphatic rings. The fourth-order valence-electron chi connectivity index (χ4n) is 3.14. The van der Waals surface area contributed by atoms with E-state index < -0.39 is 10.0 Å². The molecule has 0 radical (unpaired) electrons. The normalized spacial score (nSPS) is 11.2. The van der Waals surface area contributed by atoms with Crippen LogP contribution in [0.1, 0.15) is 27.0 Å². The third-order valence-electron chi connectivity index (χ3n) is 4.74. The number of amides is 1. The summed E-state index contributed by atoms with van der Waals surface area (Å²) in [5.41, 5.74) is 3.88. The van der Waals surface area contributed by atoms with Crippen molar-refractivity contribution in [1.82, 2.24) is 5.32 Å². The Bertz CT molecular complexity index is 1060. The molecule has 3 aromatic rings. The average Bonchev–Trinajstić information content (AvgIpc) is 2.73. The lowest BCUT2D eigenvalue weighted by Gasteiger charge is -2.11. The molecule has 0 aliphatic heterocycles. The van der Waals surface area contributed by atoms with Gasteiger partial charge in [0.25, 0.3) is 5.91 Å². The molecular formula is C23H24N2O3S. The number of benzene rings is 3. The number of primary sulfonamides is 1. The first-order valence-corrected chi connectivity index (χ1v) is 11.0. The van der Waals surface area contributed by atoms with Crippen molar-refractivity contribution in [3.63, 3.8) is 0 Å². The van der Waals surface area contributed by atoms with E-state index in [9.17, 15) is 13.2 Å². The lowest BCUT2D eigenvalue weighted by molar-refractivity contribution is 0.0953. The molecule has 1 amide bonds. The zero-order chi connectivity index (χ0) is 20.7. The van der Waals surface area contributed by atoms with Gasteiger partial charge in [0, 0.05) is 12.1 Å².